The number of rotatable bonds is 5. The van der Waals surface area contributed by atoms with Crippen molar-refractivity contribution in [1.29, 1.82) is 0 Å². The van der Waals surface area contributed by atoms with Crippen LogP contribution < -0.4 is 10.6 Å². The summed E-state index contributed by atoms with van der Waals surface area (Å²) in [6.45, 7) is 8.11. The zero-order chi connectivity index (χ0) is 23.5. The van der Waals surface area contributed by atoms with Crippen LogP contribution in [-0.4, -0.2) is 40.2 Å². The summed E-state index contributed by atoms with van der Waals surface area (Å²) in [5.74, 6) is 0.254. The van der Waals surface area contributed by atoms with Crippen LogP contribution in [0, 0.1) is 6.92 Å². The first-order valence-electron chi connectivity index (χ1n) is 10.3. The molecule has 1 heterocycles. The predicted octanol–water partition coefficient (Wildman–Crippen LogP) is 5.34. The summed E-state index contributed by atoms with van der Waals surface area (Å²) >= 11 is 3.36. The van der Waals surface area contributed by atoms with Crippen LogP contribution in [0.25, 0.3) is 5.69 Å². The van der Waals surface area contributed by atoms with Crippen LogP contribution in [0.3, 0.4) is 0 Å². The normalized spacial score (nSPS) is 11.2. The third kappa shape index (κ3) is 5.76. The molecule has 0 bridgehead atoms. The van der Waals surface area contributed by atoms with Gasteiger partial charge in [0.1, 0.15) is 12.4 Å². The lowest BCUT2D eigenvalue weighted by Crippen LogP contribution is -2.37. The van der Waals surface area contributed by atoms with Gasteiger partial charge >= 0.3 is 6.03 Å². The molecule has 2 N–H and O–H groups in total. The molecule has 0 spiro atoms. The van der Waals surface area contributed by atoms with E-state index in [1.165, 1.54) is 4.90 Å². The number of nitrogens with one attached hydrogen (secondary N) is 2. The summed E-state index contributed by atoms with van der Waals surface area (Å²) in [5.41, 5.74) is 3.25. The maximum Gasteiger partial charge on any atom is 0.322 e. The lowest BCUT2D eigenvalue weighted by Gasteiger charge is -2.18. The molecule has 0 unspecified atom stereocenters. The monoisotopic (exact) mass is 497 g/mol. The zero-order valence-electron chi connectivity index (χ0n) is 18.9. The maximum absolute atomic E-state index is 12.8. The van der Waals surface area contributed by atoms with E-state index in [1.54, 1.807) is 23.9 Å². The van der Waals surface area contributed by atoms with Gasteiger partial charge in [0, 0.05) is 28.7 Å². The van der Waals surface area contributed by atoms with Crippen LogP contribution in [0.1, 0.15) is 32.0 Å². The van der Waals surface area contributed by atoms with Crippen molar-refractivity contribution in [2.75, 3.05) is 24.2 Å². The number of aryl methyl sites for hydroxylation is 1. The van der Waals surface area contributed by atoms with Crippen molar-refractivity contribution in [3.63, 3.8) is 0 Å². The number of urea groups is 1. The van der Waals surface area contributed by atoms with Gasteiger partial charge in [-0.3, -0.25) is 4.79 Å². The Morgan fingerprint density at radius 2 is 1.72 bits per heavy atom. The van der Waals surface area contributed by atoms with Crippen molar-refractivity contribution in [3.05, 3.63) is 70.3 Å². The van der Waals surface area contributed by atoms with Crippen molar-refractivity contribution in [3.8, 4) is 5.69 Å². The van der Waals surface area contributed by atoms with E-state index in [-0.39, 0.29) is 23.9 Å². The molecule has 0 aliphatic heterocycles. The molecule has 3 aromatic rings. The molecule has 0 saturated heterocycles. The molecular weight excluding hydrogens is 470 g/mol. The maximum atomic E-state index is 12.8. The highest BCUT2D eigenvalue weighted by molar-refractivity contribution is 9.10. The summed E-state index contributed by atoms with van der Waals surface area (Å²) in [5, 5.41) is 10.4. The quantitative estimate of drug-likeness (QED) is 0.498. The fraction of sp³-hybridized carbons (Fsp3) is 0.292. The average Bonchev–Trinajstić information content (AvgIpc) is 3.13. The number of anilines is 2. The number of likely N-dealkylation sites (N-methyl/N-ethyl adjacent to an activating group) is 1. The first-order chi connectivity index (χ1) is 15.0. The molecule has 3 rings (SSSR count). The Balaban J connectivity index is 1.75. The third-order valence-corrected chi connectivity index (χ3v) is 5.44. The standard InChI is InChI=1S/C24H28BrN5O2/c1-16-8-6-7-9-19(16)30-21(14-20(28-30)24(2,3)4)27-22(31)15-29(5)23(32)26-18-12-10-17(25)11-13-18/h6-14H,15H2,1-5H3,(H,26,32)(H,27,31). The number of para-hydroxylation sites is 1. The van der Waals surface area contributed by atoms with Gasteiger partial charge in [-0.2, -0.15) is 5.10 Å². The van der Waals surface area contributed by atoms with Crippen molar-refractivity contribution < 1.29 is 9.59 Å². The predicted molar refractivity (Wildman–Crippen MR) is 131 cm³/mol. The Labute approximate surface area is 196 Å². The first-order valence-corrected chi connectivity index (χ1v) is 11.1. The third-order valence-electron chi connectivity index (χ3n) is 4.91. The Morgan fingerprint density at radius 3 is 2.34 bits per heavy atom. The molecule has 3 amide bonds. The summed E-state index contributed by atoms with van der Waals surface area (Å²) in [6, 6.07) is 16.6. The van der Waals surface area contributed by atoms with E-state index in [0.29, 0.717) is 11.5 Å². The molecule has 1 aromatic heterocycles. The minimum Gasteiger partial charge on any atom is -0.318 e. The number of hydrogen-bond acceptors (Lipinski definition) is 3. The van der Waals surface area contributed by atoms with Crippen LogP contribution in [0.4, 0.5) is 16.3 Å². The van der Waals surface area contributed by atoms with Gasteiger partial charge in [0.2, 0.25) is 5.91 Å². The fourth-order valence-electron chi connectivity index (χ4n) is 3.04. The molecule has 0 radical (unpaired) electrons. The van der Waals surface area contributed by atoms with Crippen LogP contribution >= 0.6 is 15.9 Å². The van der Waals surface area contributed by atoms with Crippen molar-refractivity contribution in [2.45, 2.75) is 33.1 Å². The van der Waals surface area contributed by atoms with E-state index in [1.807, 2.05) is 49.4 Å². The molecule has 0 atom stereocenters. The fourth-order valence-corrected chi connectivity index (χ4v) is 3.31. The van der Waals surface area contributed by atoms with E-state index < -0.39 is 0 Å². The van der Waals surface area contributed by atoms with E-state index >= 15 is 0 Å². The molecule has 0 aliphatic rings. The molecule has 8 heteroatoms. The second-order valence-corrected chi connectivity index (χ2v) is 9.62. The van der Waals surface area contributed by atoms with Crippen molar-refractivity contribution in [2.24, 2.45) is 0 Å². The summed E-state index contributed by atoms with van der Waals surface area (Å²) in [7, 11) is 1.58. The number of amides is 3. The van der Waals surface area contributed by atoms with Crippen LogP contribution in [0.5, 0.6) is 0 Å². The molecule has 0 aliphatic carbocycles. The van der Waals surface area contributed by atoms with Gasteiger partial charge in [0.05, 0.1) is 11.4 Å². The van der Waals surface area contributed by atoms with Gasteiger partial charge in [-0.1, -0.05) is 54.9 Å². The van der Waals surface area contributed by atoms with Crippen molar-refractivity contribution >= 4 is 39.4 Å². The molecule has 0 saturated carbocycles. The Kier molecular flexibility index (Phi) is 7.03. The van der Waals surface area contributed by atoms with E-state index in [4.69, 9.17) is 5.10 Å². The van der Waals surface area contributed by atoms with Gasteiger partial charge in [0.25, 0.3) is 0 Å². The molecule has 32 heavy (non-hydrogen) atoms. The Bertz CT molecular complexity index is 1120. The van der Waals surface area contributed by atoms with Crippen LogP contribution in [0.2, 0.25) is 0 Å². The van der Waals surface area contributed by atoms with E-state index in [0.717, 1.165) is 21.4 Å². The van der Waals surface area contributed by atoms with E-state index in [2.05, 4.69) is 47.3 Å². The SMILES string of the molecule is Cc1ccccc1-n1nc(C(C)(C)C)cc1NC(=O)CN(C)C(=O)Nc1ccc(Br)cc1. The first kappa shape index (κ1) is 23.5. The summed E-state index contributed by atoms with van der Waals surface area (Å²) in [6.07, 6.45) is 0. The largest absolute Gasteiger partial charge is 0.322 e. The van der Waals surface area contributed by atoms with Crippen LogP contribution in [0.15, 0.2) is 59.1 Å². The topological polar surface area (TPSA) is 79.3 Å². The van der Waals surface area contributed by atoms with Crippen LogP contribution in [-0.2, 0) is 10.2 Å². The lowest BCUT2D eigenvalue weighted by atomic mass is 9.92. The minimum atomic E-state index is -0.370. The Morgan fingerprint density at radius 1 is 1.06 bits per heavy atom. The number of hydrogen-bond donors (Lipinski definition) is 2. The van der Waals surface area contributed by atoms with Crippen molar-refractivity contribution in [1.82, 2.24) is 14.7 Å². The smallest absolute Gasteiger partial charge is 0.318 e. The number of carbonyl (C=O) groups is 2. The highest BCUT2D eigenvalue weighted by atomic mass is 79.9. The number of aromatic nitrogens is 2. The number of carbonyl (C=O) groups excluding carboxylic acids is 2. The number of nitrogens with zero attached hydrogens (tertiary/aromatic N) is 3. The second kappa shape index (κ2) is 9.56. The summed E-state index contributed by atoms with van der Waals surface area (Å²) in [4.78, 5) is 26.6. The average molecular weight is 498 g/mol. The van der Waals surface area contributed by atoms with Gasteiger partial charge in [-0.05, 0) is 42.8 Å². The highest BCUT2D eigenvalue weighted by Gasteiger charge is 2.22. The van der Waals surface area contributed by atoms with Gasteiger partial charge in [-0.25, -0.2) is 9.48 Å². The zero-order valence-corrected chi connectivity index (χ0v) is 20.5. The van der Waals surface area contributed by atoms with Gasteiger partial charge in [0.15, 0.2) is 0 Å². The molecule has 0 fully saturated rings. The Hall–Kier alpha value is -3.13. The molecule has 7 nitrogen and oxygen atoms in total. The number of halogens is 1. The molecule has 2 aromatic carbocycles. The lowest BCUT2D eigenvalue weighted by molar-refractivity contribution is -0.116. The number of benzene rings is 2. The van der Waals surface area contributed by atoms with E-state index in [9.17, 15) is 9.59 Å². The van der Waals surface area contributed by atoms with Gasteiger partial charge in [-0.15, -0.1) is 0 Å². The van der Waals surface area contributed by atoms with Gasteiger partial charge < -0.3 is 15.5 Å². The molecule has 168 valence electrons. The summed E-state index contributed by atoms with van der Waals surface area (Å²) < 4.78 is 2.67. The minimum absolute atomic E-state index is 0.105. The highest BCUT2D eigenvalue weighted by Crippen LogP contribution is 2.27. The second-order valence-electron chi connectivity index (χ2n) is 8.70. The molecular formula is C24H28BrN5O2.